The molecular weight excluding hydrogens is 601 g/mol. The van der Waals surface area contributed by atoms with Crippen molar-refractivity contribution in [1.82, 2.24) is 8.80 Å². The molecule has 6 nitrogen and oxygen atoms in total. The predicted molar refractivity (Wildman–Crippen MR) is 147 cm³/mol. The fourth-order valence-corrected chi connectivity index (χ4v) is 19.0. The Morgan fingerprint density at radius 1 is 0.700 bits per heavy atom. The molecule has 0 heterocycles. The molecule has 1 N–H and O–H groups in total. The molecule has 3 fully saturated rings. The van der Waals surface area contributed by atoms with Crippen molar-refractivity contribution >= 4 is 27.5 Å². The third-order valence-electron chi connectivity index (χ3n) is 9.50. The molecule has 0 aromatic heterocycles. The van der Waals surface area contributed by atoms with Crippen LogP contribution in [0, 0.1) is 0 Å². The van der Waals surface area contributed by atoms with Gasteiger partial charge in [0, 0.05) is 0 Å². The van der Waals surface area contributed by atoms with Gasteiger partial charge in [-0.05, 0) is 0 Å². The van der Waals surface area contributed by atoms with Gasteiger partial charge in [-0.3, -0.25) is 0 Å². The molecule has 0 saturated heterocycles. The normalized spacial score (nSPS) is 24.1. The summed E-state index contributed by atoms with van der Waals surface area (Å²) in [5, 5.41) is 3.23. The Hall–Kier alpha value is -0.430. The fraction of sp³-hybridized carbons (Fsp3) is 0.920. The van der Waals surface area contributed by atoms with E-state index < -0.39 is 54.3 Å². The summed E-state index contributed by atoms with van der Waals surface area (Å²) in [7, 11) is -17.3. The number of nitrogens with zero attached hydrogens (tertiary/aromatic N) is 1. The van der Waals surface area contributed by atoms with Crippen LogP contribution >= 0.6 is 7.41 Å². The average molecular weight is 645 g/mol. The molecule has 1 atom stereocenters. The summed E-state index contributed by atoms with van der Waals surface area (Å²) in [6.07, 6.45) is 12.5. The van der Waals surface area contributed by atoms with Gasteiger partial charge in [-0.15, -0.1) is 0 Å². The zero-order valence-electron chi connectivity index (χ0n) is 23.0. The van der Waals surface area contributed by atoms with Gasteiger partial charge < -0.3 is 0 Å². The van der Waals surface area contributed by atoms with Crippen LogP contribution < -0.4 is 5.09 Å². The molecule has 1 unspecified atom stereocenters. The number of sulfonamides is 2. The van der Waals surface area contributed by atoms with E-state index in [0.29, 0.717) is 6.08 Å². The van der Waals surface area contributed by atoms with Crippen LogP contribution in [0.5, 0.6) is 0 Å². The van der Waals surface area contributed by atoms with Crippen LogP contribution in [0.3, 0.4) is 0 Å². The van der Waals surface area contributed by atoms with Gasteiger partial charge in [-0.25, -0.2) is 0 Å². The van der Waals surface area contributed by atoms with Crippen LogP contribution in [0.25, 0.3) is 0 Å². The number of nitrogens with one attached hydrogen (secondary N) is 1. The predicted octanol–water partition coefficient (Wildman–Crippen LogP) is 7.53. The zero-order chi connectivity index (χ0) is 30.0. The van der Waals surface area contributed by atoms with Gasteiger partial charge in [0.05, 0.1) is 0 Å². The number of alkyl halides is 6. The van der Waals surface area contributed by atoms with Crippen LogP contribution in [-0.2, 0) is 20.0 Å². The number of rotatable bonds is 10. The minimum atomic E-state index is -7.01. The maximum absolute atomic E-state index is 14.0. The van der Waals surface area contributed by atoms with E-state index in [1.807, 2.05) is 0 Å². The second-order valence-electron chi connectivity index (χ2n) is 11.6. The Morgan fingerprint density at radius 2 is 1.00 bits per heavy atom. The Balaban J connectivity index is 2.35. The molecule has 15 heteroatoms. The second-order valence-corrected chi connectivity index (χ2v) is 20.0. The summed E-state index contributed by atoms with van der Waals surface area (Å²) in [4.78, 5) is 0. The Bertz CT molecular complexity index is 992. The van der Waals surface area contributed by atoms with Crippen molar-refractivity contribution < 1.29 is 43.2 Å². The van der Waals surface area contributed by atoms with Gasteiger partial charge in [0.15, 0.2) is 0 Å². The third kappa shape index (κ3) is 6.26. The van der Waals surface area contributed by atoms with E-state index in [2.05, 4.69) is 11.7 Å². The third-order valence-corrected chi connectivity index (χ3v) is 20.0. The van der Waals surface area contributed by atoms with Crippen LogP contribution in [0.4, 0.5) is 26.3 Å². The van der Waals surface area contributed by atoms with Gasteiger partial charge in [0.2, 0.25) is 0 Å². The number of hydrogen-bond donors (Lipinski definition) is 1. The first-order chi connectivity index (χ1) is 18.5. The van der Waals surface area contributed by atoms with Gasteiger partial charge >= 0.3 is 235 Å². The molecular formula is C25H43F6N2O4PS2. The average Bonchev–Trinajstić information content (AvgIpc) is 2.91. The van der Waals surface area contributed by atoms with E-state index in [0.717, 1.165) is 96.3 Å². The topological polar surface area (TPSA) is 83.6 Å². The summed E-state index contributed by atoms with van der Waals surface area (Å²) in [6, 6.07) is 0. The Kier molecular flexibility index (Phi) is 10.8. The zero-order valence-corrected chi connectivity index (χ0v) is 25.6. The first-order valence-corrected chi connectivity index (χ1v) is 19.5. The van der Waals surface area contributed by atoms with E-state index in [1.165, 1.54) is 6.92 Å². The molecule has 3 aliphatic carbocycles. The molecule has 0 aromatic rings. The van der Waals surface area contributed by atoms with Crippen molar-refractivity contribution in [3.05, 3.63) is 12.7 Å². The van der Waals surface area contributed by atoms with Crippen LogP contribution in [0.2, 0.25) is 0 Å². The maximum atomic E-state index is 14.0. The SMILES string of the molecule is C=CC(CC)(N[PH](C1CCCCC1)(C1CCCCC1)C1CCCCC1)N(S(=O)(=O)C(F)(F)F)S(=O)(=O)C(F)(F)F. The van der Waals surface area contributed by atoms with E-state index in [1.54, 1.807) is 0 Å². The quantitative estimate of drug-likeness (QED) is 0.115. The molecule has 0 aromatic carbocycles. The monoisotopic (exact) mass is 644 g/mol. The Labute approximate surface area is 235 Å². The molecule has 3 aliphatic rings. The van der Waals surface area contributed by atoms with Gasteiger partial charge in [-0.2, -0.15) is 0 Å². The molecule has 0 aliphatic heterocycles. The second kappa shape index (κ2) is 12.7. The van der Waals surface area contributed by atoms with Gasteiger partial charge in [0.25, 0.3) is 0 Å². The number of hydrogen-bond acceptors (Lipinski definition) is 5. The molecule has 0 spiro atoms. The molecule has 0 amide bonds. The van der Waals surface area contributed by atoms with Crippen molar-refractivity contribution in [3.63, 3.8) is 0 Å². The Morgan fingerprint density at radius 3 is 1.23 bits per heavy atom. The van der Waals surface area contributed by atoms with E-state index >= 15 is 0 Å². The van der Waals surface area contributed by atoms with Crippen molar-refractivity contribution in [2.24, 2.45) is 0 Å². The fourth-order valence-electron chi connectivity index (χ4n) is 7.70. The summed E-state index contributed by atoms with van der Waals surface area (Å²) in [6.45, 7) is 4.70. The van der Waals surface area contributed by atoms with Crippen LogP contribution in [0.15, 0.2) is 12.7 Å². The molecule has 0 bridgehead atoms. The van der Waals surface area contributed by atoms with Gasteiger partial charge in [-0.1, -0.05) is 0 Å². The summed E-state index contributed by atoms with van der Waals surface area (Å²) in [5.41, 5.74) is -15.5. The van der Waals surface area contributed by atoms with E-state index in [9.17, 15) is 43.2 Å². The van der Waals surface area contributed by atoms with E-state index in [4.69, 9.17) is 0 Å². The van der Waals surface area contributed by atoms with Crippen molar-refractivity contribution in [3.8, 4) is 0 Å². The summed E-state index contributed by atoms with van der Waals surface area (Å²) in [5.74, 6) is 0. The molecule has 236 valence electrons. The first kappa shape index (κ1) is 34.1. The van der Waals surface area contributed by atoms with E-state index in [-0.39, 0.29) is 17.0 Å². The van der Waals surface area contributed by atoms with Crippen LogP contribution in [-0.4, -0.2) is 54.2 Å². The molecule has 0 radical (unpaired) electrons. The van der Waals surface area contributed by atoms with Crippen LogP contribution in [0.1, 0.15) is 110 Å². The summed E-state index contributed by atoms with van der Waals surface area (Å²) < 4.78 is 134. The minimum absolute atomic E-state index is 0.0256. The van der Waals surface area contributed by atoms with Crippen molar-refractivity contribution in [2.45, 2.75) is 143 Å². The molecule has 3 rings (SSSR count). The summed E-state index contributed by atoms with van der Waals surface area (Å²) >= 11 is 0. The molecule has 3 saturated carbocycles. The van der Waals surface area contributed by atoms with Crippen molar-refractivity contribution in [2.75, 3.05) is 0 Å². The standard InChI is InChI=1S/C25H43F6N2O4PS2/c1-3-23(4-2,33(39(34,35)24(26,27)28)40(36,37)25(29,30)31)32-38(20-14-8-5-9-15-20,21-16-10-6-11-17-21)22-18-12-7-13-19-22/h3,20-22,32,38H,1,4-19H2,2H3. The van der Waals surface area contributed by atoms with Crippen molar-refractivity contribution in [1.29, 1.82) is 0 Å². The van der Waals surface area contributed by atoms with Gasteiger partial charge in [0.1, 0.15) is 0 Å². The molecule has 40 heavy (non-hydrogen) atoms. The number of halogens is 6. The first-order valence-electron chi connectivity index (χ1n) is 14.4.